The summed E-state index contributed by atoms with van der Waals surface area (Å²) in [7, 11) is 0. The normalized spacial score (nSPS) is 26.9. The van der Waals surface area contributed by atoms with Crippen LogP contribution in [0.4, 0.5) is 0 Å². The number of hydrogen-bond donors (Lipinski definition) is 1. The van der Waals surface area contributed by atoms with E-state index in [1.165, 1.54) is 5.57 Å². The second-order valence-electron chi connectivity index (χ2n) is 2.64. The monoisotopic (exact) mass is 158 g/mol. The predicted molar refractivity (Wildman–Crippen MR) is 42.9 cm³/mol. The maximum atomic E-state index is 9.17. The first-order valence-corrected chi connectivity index (χ1v) is 3.76. The Labute approximate surface area is 66.0 Å². The van der Waals surface area contributed by atoms with Crippen LogP contribution in [0.2, 0.25) is 0 Å². The standard InChI is InChI=1S/C8H11ClO/c1-6-2-3-8(10)5-7(9)4-6/h2,5,8,10H,3-4H2,1H3. The van der Waals surface area contributed by atoms with E-state index in [4.69, 9.17) is 11.6 Å². The zero-order valence-electron chi connectivity index (χ0n) is 5.97. The lowest BCUT2D eigenvalue weighted by molar-refractivity contribution is 0.227. The minimum atomic E-state index is -0.384. The van der Waals surface area contributed by atoms with Gasteiger partial charge in [0.05, 0.1) is 6.10 Å². The highest BCUT2D eigenvalue weighted by molar-refractivity contribution is 6.29. The fourth-order valence-corrected chi connectivity index (χ4v) is 1.35. The lowest BCUT2D eigenvalue weighted by Gasteiger charge is -1.97. The molecule has 0 fully saturated rings. The molecule has 0 aromatic carbocycles. The van der Waals surface area contributed by atoms with E-state index in [2.05, 4.69) is 0 Å². The van der Waals surface area contributed by atoms with Crippen molar-refractivity contribution in [1.82, 2.24) is 0 Å². The Hall–Kier alpha value is -0.270. The molecule has 1 N–H and O–H groups in total. The summed E-state index contributed by atoms with van der Waals surface area (Å²) in [5.74, 6) is 0. The van der Waals surface area contributed by atoms with E-state index in [9.17, 15) is 5.11 Å². The Morgan fingerprint density at radius 3 is 3.10 bits per heavy atom. The van der Waals surface area contributed by atoms with Gasteiger partial charge in [-0.2, -0.15) is 0 Å². The first-order chi connectivity index (χ1) is 4.68. The van der Waals surface area contributed by atoms with Gasteiger partial charge in [-0.05, 0) is 19.4 Å². The summed E-state index contributed by atoms with van der Waals surface area (Å²) < 4.78 is 0. The third kappa shape index (κ3) is 2.16. The van der Waals surface area contributed by atoms with Crippen molar-refractivity contribution in [3.63, 3.8) is 0 Å². The maximum Gasteiger partial charge on any atom is 0.0769 e. The van der Waals surface area contributed by atoms with Crippen LogP contribution in [-0.4, -0.2) is 11.2 Å². The molecule has 1 nitrogen and oxygen atoms in total. The number of hydrogen-bond acceptors (Lipinski definition) is 1. The fourth-order valence-electron chi connectivity index (χ4n) is 0.996. The Morgan fingerprint density at radius 2 is 2.40 bits per heavy atom. The van der Waals surface area contributed by atoms with Crippen molar-refractivity contribution >= 4 is 11.6 Å². The van der Waals surface area contributed by atoms with Gasteiger partial charge < -0.3 is 5.11 Å². The van der Waals surface area contributed by atoms with Crippen molar-refractivity contribution in [3.05, 3.63) is 22.8 Å². The van der Waals surface area contributed by atoms with Crippen LogP contribution in [0.5, 0.6) is 0 Å². The van der Waals surface area contributed by atoms with Gasteiger partial charge in [-0.25, -0.2) is 0 Å². The number of aliphatic hydroxyl groups excluding tert-OH is 1. The van der Waals surface area contributed by atoms with Gasteiger partial charge in [0.15, 0.2) is 0 Å². The van der Waals surface area contributed by atoms with Crippen LogP contribution >= 0.6 is 11.6 Å². The molecule has 0 heterocycles. The average Bonchev–Trinajstić information content (AvgIpc) is 1.93. The minimum absolute atomic E-state index is 0.384. The molecule has 0 amide bonds. The highest BCUT2D eigenvalue weighted by Gasteiger charge is 2.05. The molecule has 0 aromatic heterocycles. The molecular formula is C8H11ClO. The van der Waals surface area contributed by atoms with Crippen LogP contribution in [0.3, 0.4) is 0 Å². The van der Waals surface area contributed by atoms with E-state index < -0.39 is 0 Å². The minimum Gasteiger partial charge on any atom is -0.389 e. The van der Waals surface area contributed by atoms with Crippen molar-refractivity contribution in [2.45, 2.75) is 25.9 Å². The summed E-state index contributed by atoms with van der Waals surface area (Å²) in [5, 5.41) is 9.92. The second-order valence-corrected chi connectivity index (χ2v) is 3.13. The van der Waals surface area contributed by atoms with E-state index in [0.29, 0.717) is 6.42 Å². The molecule has 0 aromatic rings. The number of rotatable bonds is 0. The first-order valence-electron chi connectivity index (χ1n) is 3.38. The highest BCUT2D eigenvalue weighted by atomic mass is 35.5. The average molecular weight is 159 g/mol. The molecule has 0 bridgehead atoms. The summed E-state index contributed by atoms with van der Waals surface area (Å²) in [6.07, 6.45) is 4.83. The van der Waals surface area contributed by atoms with Crippen molar-refractivity contribution in [2.24, 2.45) is 0 Å². The molecule has 10 heavy (non-hydrogen) atoms. The molecule has 1 aliphatic carbocycles. The molecule has 0 spiro atoms. The lowest BCUT2D eigenvalue weighted by Crippen LogP contribution is -1.98. The highest BCUT2D eigenvalue weighted by Crippen LogP contribution is 2.20. The summed E-state index contributed by atoms with van der Waals surface area (Å²) in [5.41, 5.74) is 1.23. The molecule has 1 aliphatic rings. The van der Waals surface area contributed by atoms with E-state index in [0.717, 1.165) is 11.5 Å². The molecule has 2 heteroatoms. The zero-order chi connectivity index (χ0) is 7.56. The lowest BCUT2D eigenvalue weighted by atomic mass is 10.2. The van der Waals surface area contributed by atoms with Crippen molar-refractivity contribution in [1.29, 1.82) is 0 Å². The van der Waals surface area contributed by atoms with Gasteiger partial charge in [-0.3, -0.25) is 0 Å². The van der Waals surface area contributed by atoms with Crippen LogP contribution in [0, 0.1) is 0 Å². The molecular weight excluding hydrogens is 148 g/mol. The summed E-state index contributed by atoms with van der Waals surface area (Å²) in [4.78, 5) is 0. The predicted octanol–water partition coefficient (Wildman–Crippen LogP) is 2.21. The molecule has 1 unspecified atom stereocenters. The Balaban J connectivity index is 2.71. The van der Waals surface area contributed by atoms with E-state index in [1.807, 2.05) is 13.0 Å². The fraction of sp³-hybridized carbons (Fsp3) is 0.500. The molecule has 0 saturated heterocycles. The van der Waals surface area contributed by atoms with Crippen molar-refractivity contribution in [2.75, 3.05) is 0 Å². The zero-order valence-corrected chi connectivity index (χ0v) is 6.73. The van der Waals surface area contributed by atoms with Crippen LogP contribution in [0.15, 0.2) is 22.8 Å². The number of allylic oxidation sites excluding steroid dienone is 2. The Kier molecular flexibility index (Phi) is 2.52. The first kappa shape index (κ1) is 7.83. The SMILES string of the molecule is CC1=CCC(O)C=C(Cl)C1. The molecule has 0 radical (unpaired) electrons. The molecule has 1 atom stereocenters. The third-order valence-corrected chi connectivity index (χ3v) is 1.79. The van der Waals surface area contributed by atoms with Crippen LogP contribution in [0.25, 0.3) is 0 Å². The summed E-state index contributed by atoms with van der Waals surface area (Å²) in [6, 6.07) is 0. The van der Waals surface area contributed by atoms with E-state index >= 15 is 0 Å². The van der Waals surface area contributed by atoms with Gasteiger partial charge in [0.25, 0.3) is 0 Å². The molecule has 0 saturated carbocycles. The van der Waals surface area contributed by atoms with Crippen molar-refractivity contribution < 1.29 is 5.11 Å². The number of aliphatic hydroxyl groups is 1. The van der Waals surface area contributed by atoms with Gasteiger partial charge in [0.1, 0.15) is 0 Å². The number of halogens is 1. The van der Waals surface area contributed by atoms with Gasteiger partial charge in [0.2, 0.25) is 0 Å². The second kappa shape index (κ2) is 3.22. The van der Waals surface area contributed by atoms with Crippen molar-refractivity contribution in [3.8, 4) is 0 Å². The maximum absolute atomic E-state index is 9.17. The van der Waals surface area contributed by atoms with Crippen LogP contribution in [0.1, 0.15) is 19.8 Å². The van der Waals surface area contributed by atoms with Gasteiger partial charge >= 0.3 is 0 Å². The van der Waals surface area contributed by atoms with Crippen LogP contribution in [-0.2, 0) is 0 Å². The molecule has 0 aliphatic heterocycles. The molecule has 56 valence electrons. The Bertz CT molecular complexity index is 182. The molecule has 1 rings (SSSR count). The smallest absolute Gasteiger partial charge is 0.0769 e. The van der Waals surface area contributed by atoms with Gasteiger partial charge in [0, 0.05) is 11.5 Å². The van der Waals surface area contributed by atoms with E-state index in [-0.39, 0.29) is 6.10 Å². The van der Waals surface area contributed by atoms with Gasteiger partial charge in [-0.15, -0.1) is 0 Å². The van der Waals surface area contributed by atoms with Gasteiger partial charge in [-0.1, -0.05) is 23.3 Å². The summed E-state index contributed by atoms with van der Waals surface area (Å²) >= 11 is 5.77. The topological polar surface area (TPSA) is 20.2 Å². The summed E-state index contributed by atoms with van der Waals surface area (Å²) in [6.45, 7) is 2.02. The third-order valence-electron chi connectivity index (χ3n) is 1.53. The largest absolute Gasteiger partial charge is 0.389 e. The van der Waals surface area contributed by atoms with E-state index in [1.54, 1.807) is 6.08 Å². The Morgan fingerprint density at radius 1 is 1.70 bits per heavy atom. The van der Waals surface area contributed by atoms with Crippen LogP contribution < -0.4 is 0 Å². The quantitative estimate of drug-likeness (QED) is 0.536.